The van der Waals surface area contributed by atoms with Crippen molar-refractivity contribution in [3.8, 4) is 11.1 Å². The van der Waals surface area contributed by atoms with Crippen LogP contribution in [0, 0.1) is 18.8 Å². The molecule has 15 rings (SSSR count). The Morgan fingerprint density at radius 1 is 0.779 bits per heavy atom. The Balaban J connectivity index is 1.11. The molecule has 0 saturated heterocycles. The molecular weight excluding hydrogens is 862 g/mol. The van der Waals surface area contributed by atoms with Crippen molar-refractivity contribution in [1.82, 2.24) is 0 Å². The number of hydrogen-bond acceptors (Lipinski definition) is 5. The molecule has 4 heterocycles. The number of para-hydroxylation sites is 2. The number of allylic oxidation sites excluding steroid dienone is 6. The smallest absolute Gasteiger partial charge is 0.259 e. The van der Waals surface area contributed by atoms with Crippen LogP contribution in [0.15, 0.2) is 200 Å². The second-order valence-electron chi connectivity index (χ2n) is 20.8. The molecule has 3 nitrogen and oxygen atoms in total. The summed E-state index contributed by atoms with van der Waals surface area (Å²) in [5, 5.41) is 4.14. The van der Waals surface area contributed by atoms with Crippen LogP contribution in [0.25, 0.3) is 16.7 Å². The summed E-state index contributed by atoms with van der Waals surface area (Å²) in [6.45, 7) is 9.57. The summed E-state index contributed by atoms with van der Waals surface area (Å²) >= 11 is 4.04. The standard InChI is InChI=1S/C62H54BN3S2/c1-37-29-30-46-45(31-37)59-47(62(46,3)4)23-16-25-51(59)65-36-57(68-54-26-13-8-17-38(54)2)63-48-34-44-43-22-11-14-27-55(43)67-56-28-15-12-24-50(56)66(52(48)35-49(44)64-41-19-6-5-7-20-41)61-58-40(33-53(65)60(61)63)32-39-18-9-10-21-42(39)58/h5-10,12-13,15-21,23-26,28-30,33-37,44,49,64H,11,14,22,27,31-32H2,1-4H3. The highest BCUT2D eigenvalue weighted by Gasteiger charge is 2.50. The molecule has 3 atom stereocenters. The minimum atomic E-state index is -0.0817. The first kappa shape index (κ1) is 40.9. The van der Waals surface area contributed by atoms with Crippen molar-refractivity contribution in [2.75, 3.05) is 15.1 Å². The van der Waals surface area contributed by atoms with E-state index in [0.29, 0.717) is 5.92 Å². The average molecular weight is 916 g/mol. The van der Waals surface area contributed by atoms with Gasteiger partial charge in [-0.05, 0) is 160 Å². The molecule has 6 heteroatoms. The lowest BCUT2D eigenvalue weighted by Gasteiger charge is -2.49. The van der Waals surface area contributed by atoms with Gasteiger partial charge in [-0.25, -0.2) is 0 Å². The lowest BCUT2D eigenvalue weighted by Crippen LogP contribution is -2.52. The van der Waals surface area contributed by atoms with E-state index in [4.69, 9.17) is 0 Å². The maximum atomic E-state index is 4.14. The van der Waals surface area contributed by atoms with Gasteiger partial charge in [0.25, 0.3) is 6.71 Å². The van der Waals surface area contributed by atoms with E-state index in [2.05, 4.69) is 212 Å². The van der Waals surface area contributed by atoms with E-state index in [0.717, 1.165) is 25.7 Å². The summed E-state index contributed by atoms with van der Waals surface area (Å²) in [6, 6.07) is 48.5. The number of nitrogens with one attached hydrogen (secondary N) is 1. The molecule has 0 aromatic heterocycles. The third kappa shape index (κ3) is 6.08. The molecule has 3 unspecified atom stereocenters. The van der Waals surface area contributed by atoms with Crippen molar-refractivity contribution in [2.24, 2.45) is 11.8 Å². The normalized spacial score (nSPS) is 22.0. The van der Waals surface area contributed by atoms with Gasteiger partial charge >= 0.3 is 0 Å². The molecule has 0 fully saturated rings. The fourth-order valence-corrected chi connectivity index (χ4v) is 15.6. The van der Waals surface area contributed by atoms with Crippen molar-refractivity contribution in [3.05, 3.63) is 218 Å². The number of nitrogens with zero attached hydrogens (tertiary/aromatic N) is 2. The largest absolute Gasteiger partial charge is 0.378 e. The van der Waals surface area contributed by atoms with E-state index < -0.39 is 0 Å². The summed E-state index contributed by atoms with van der Waals surface area (Å²) in [5.41, 5.74) is 24.9. The third-order valence-corrected chi connectivity index (χ3v) is 18.9. The van der Waals surface area contributed by atoms with Crippen LogP contribution < -0.4 is 20.6 Å². The van der Waals surface area contributed by atoms with Crippen molar-refractivity contribution in [3.63, 3.8) is 0 Å². The number of fused-ring (bicyclic) bond motifs is 7. The number of benzene rings is 6. The van der Waals surface area contributed by atoms with E-state index in [1.807, 2.05) is 11.8 Å². The predicted molar refractivity (Wildman–Crippen MR) is 290 cm³/mol. The van der Waals surface area contributed by atoms with E-state index >= 15 is 0 Å². The number of hydrogen-bond donors (Lipinski definition) is 1. The maximum Gasteiger partial charge on any atom is 0.259 e. The molecule has 1 N–H and O–H groups in total. The Labute approximate surface area is 410 Å². The van der Waals surface area contributed by atoms with Gasteiger partial charge in [0, 0.05) is 55.5 Å². The van der Waals surface area contributed by atoms with Crippen LogP contribution in [0.3, 0.4) is 0 Å². The first-order chi connectivity index (χ1) is 33.3. The number of rotatable bonds is 5. The van der Waals surface area contributed by atoms with Gasteiger partial charge in [-0.15, -0.1) is 11.8 Å². The van der Waals surface area contributed by atoms with Crippen LogP contribution >= 0.6 is 23.5 Å². The average Bonchev–Trinajstić information content (AvgIpc) is 3.84. The lowest BCUT2D eigenvalue weighted by atomic mass is 9.35. The van der Waals surface area contributed by atoms with Gasteiger partial charge in [0.05, 0.1) is 23.1 Å². The van der Waals surface area contributed by atoms with E-state index in [1.54, 1.807) is 10.5 Å². The molecule has 6 aromatic carbocycles. The summed E-state index contributed by atoms with van der Waals surface area (Å²) in [5.74, 6) is 0.697. The van der Waals surface area contributed by atoms with Crippen molar-refractivity contribution in [1.29, 1.82) is 0 Å². The lowest BCUT2D eigenvalue weighted by molar-refractivity contribution is 0.586. The van der Waals surface area contributed by atoms with E-state index in [1.165, 1.54) is 123 Å². The van der Waals surface area contributed by atoms with Gasteiger partial charge in [-0.2, -0.15) is 0 Å². The van der Waals surface area contributed by atoms with Crippen LogP contribution in [-0.4, -0.2) is 12.8 Å². The second kappa shape index (κ2) is 15.5. The van der Waals surface area contributed by atoms with E-state index in [-0.39, 0.29) is 24.1 Å². The number of aryl methyl sites for hydroxylation is 1. The molecule has 4 aliphatic heterocycles. The highest BCUT2D eigenvalue weighted by molar-refractivity contribution is 8.05. The second-order valence-corrected chi connectivity index (χ2v) is 23.0. The monoisotopic (exact) mass is 915 g/mol. The fourth-order valence-electron chi connectivity index (χ4n) is 13.2. The molecular formula is C62H54BN3S2. The van der Waals surface area contributed by atoms with Gasteiger partial charge in [-0.1, -0.05) is 141 Å². The van der Waals surface area contributed by atoms with Crippen molar-refractivity contribution < 1.29 is 0 Å². The number of thioether (sulfide) groups is 2. The Morgan fingerprint density at radius 2 is 1.57 bits per heavy atom. The quantitative estimate of drug-likeness (QED) is 0.173. The topological polar surface area (TPSA) is 18.5 Å². The molecule has 68 heavy (non-hydrogen) atoms. The van der Waals surface area contributed by atoms with Crippen LogP contribution in [-0.2, 0) is 11.8 Å². The Bertz CT molecular complexity index is 3370. The molecule has 0 amide bonds. The predicted octanol–water partition coefficient (Wildman–Crippen LogP) is 15.8. The zero-order valence-electron chi connectivity index (χ0n) is 39.3. The zero-order valence-corrected chi connectivity index (χ0v) is 40.9. The summed E-state index contributed by atoms with van der Waals surface area (Å²) in [6.07, 6.45) is 19.6. The highest BCUT2D eigenvalue weighted by Crippen LogP contribution is 2.60. The zero-order chi connectivity index (χ0) is 45.4. The molecule has 6 aromatic rings. The first-order valence-corrected chi connectivity index (χ1v) is 26.6. The molecule has 0 saturated carbocycles. The highest BCUT2D eigenvalue weighted by atomic mass is 32.2. The Morgan fingerprint density at radius 3 is 2.47 bits per heavy atom. The summed E-state index contributed by atoms with van der Waals surface area (Å²) in [4.78, 5) is 11.0. The van der Waals surface area contributed by atoms with Gasteiger partial charge in [-0.3, -0.25) is 0 Å². The summed E-state index contributed by atoms with van der Waals surface area (Å²) in [7, 11) is 0. The minimum Gasteiger partial charge on any atom is -0.378 e. The Hall–Kier alpha value is -6.08. The number of anilines is 5. The SMILES string of the molecule is Cc1ccccc1SC1=CN(c2cccc3c2C2=C(C=CC(C)C2)C3(C)C)c2cc3c(c4c2B1C1=CC2C5=C(CCCC5)Sc5ccccc5N4C1=CC2Nc1ccccc1)-c1ccccc1C3. The van der Waals surface area contributed by atoms with Gasteiger partial charge in [0.15, 0.2) is 0 Å². The van der Waals surface area contributed by atoms with Gasteiger partial charge in [0.1, 0.15) is 0 Å². The van der Waals surface area contributed by atoms with Crippen molar-refractivity contribution in [2.45, 2.75) is 87.5 Å². The van der Waals surface area contributed by atoms with Crippen LogP contribution in [0.2, 0.25) is 0 Å². The molecule has 332 valence electrons. The molecule has 9 aliphatic rings. The molecule has 0 spiro atoms. The molecule has 0 radical (unpaired) electrons. The Kier molecular flexibility index (Phi) is 9.31. The maximum absolute atomic E-state index is 4.14. The van der Waals surface area contributed by atoms with Crippen LogP contribution in [0.1, 0.15) is 80.7 Å². The molecule has 5 aliphatic carbocycles. The third-order valence-electron chi connectivity index (χ3n) is 16.3. The molecule has 4 bridgehead atoms. The van der Waals surface area contributed by atoms with Gasteiger partial charge < -0.3 is 15.1 Å². The van der Waals surface area contributed by atoms with Crippen LogP contribution in [0.4, 0.5) is 28.4 Å². The summed E-state index contributed by atoms with van der Waals surface area (Å²) < 4.78 is 0. The van der Waals surface area contributed by atoms with Crippen molar-refractivity contribution >= 4 is 69.7 Å². The fraction of sp³-hybridized carbons (Fsp3) is 0.226. The minimum absolute atomic E-state index is 0.0223. The van der Waals surface area contributed by atoms with Crippen LogP contribution in [0.5, 0.6) is 0 Å². The first-order valence-electron chi connectivity index (χ1n) is 24.9. The van der Waals surface area contributed by atoms with Gasteiger partial charge in [0.2, 0.25) is 0 Å². The van der Waals surface area contributed by atoms with E-state index in [9.17, 15) is 0 Å².